The van der Waals surface area contributed by atoms with Crippen molar-refractivity contribution < 1.29 is 13.2 Å². The summed E-state index contributed by atoms with van der Waals surface area (Å²) >= 11 is 0. The zero-order valence-electron chi connectivity index (χ0n) is 11.5. The summed E-state index contributed by atoms with van der Waals surface area (Å²) in [5, 5.41) is 2.95. The van der Waals surface area contributed by atoms with E-state index in [0.717, 1.165) is 19.3 Å². The molecule has 0 spiro atoms. The average Bonchev–Trinajstić information content (AvgIpc) is 2.68. The van der Waals surface area contributed by atoms with E-state index in [1.165, 1.54) is 18.2 Å². The zero-order chi connectivity index (χ0) is 15.0. The number of benzene rings is 1. The Morgan fingerprint density at radius 2 is 2.10 bits per heavy atom. The van der Waals surface area contributed by atoms with Gasteiger partial charge in [0.25, 0.3) is 15.0 Å². The van der Waals surface area contributed by atoms with Crippen molar-refractivity contribution in [2.45, 2.75) is 44.0 Å². The maximum Gasteiger partial charge on any atom is 0.261 e. The standard InChI is InChI=1S/C14H18ClNO3S/c1-14(2)7-6-11(9-14)16-13(17)10-4-3-5-12(8-10)20(15,18)19/h3-5,8,11H,6-7,9H2,1-2H3,(H,16,17). The Bertz CT molecular complexity index is 625. The molecule has 0 bridgehead atoms. The van der Waals surface area contributed by atoms with Gasteiger partial charge in [-0.2, -0.15) is 0 Å². The first-order chi connectivity index (χ1) is 9.17. The van der Waals surface area contributed by atoms with Crippen LogP contribution < -0.4 is 5.32 Å². The third kappa shape index (κ3) is 3.73. The highest BCUT2D eigenvalue weighted by atomic mass is 35.7. The Balaban J connectivity index is 2.11. The molecule has 1 saturated carbocycles. The molecule has 0 saturated heterocycles. The number of carbonyl (C=O) groups excluding carboxylic acids is 1. The third-order valence-electron chi connectivity index (χ3n) is 3.68. The fraction of sp³-hybridized carbons (Fsp3) is 0.500. The van der Waals surface area contributed by atoms with E-state index in [0.29, 0.717) is 5.56 Å². The van der Waals surface area contributed by atoms with Gasteiger partial charge in [0.15, 0.2) is 0 Å². The third-order valence-corrected chi connectivity index (χ3v) is 5.03. The van der Waals surface area contributed by atoms with Gasteiger partial charge in [0.05, 0.1) is 4.90 Å². The van der Waals surface area contributed by atoms with Gasteiger partial charge in [-0.15, -0.1) is 0 Å². The summed E-state index contributed by atoms with van der Waals surface area (Å²) in [6.07, 6.45) is 2.96. The molecule has 0 radical (unpaired) electrons. The second-order valence-corrected chi connectivity index (χ2v) is 8.61. The lowest BCUT2D eigenvalue weighted by molar-refractivity contribution is 0.0936. The lowest BCUT2D eigenvalue weighted by Crippen LogP contribution is -2.33. The Morgan fingerprint density at radius 3 is 2.65 bits per heavy atom. The normalized spacial score (nSPS) is 21.6. The number of amides is 1. The maximum atomic E-state index is 12.1. The van der Waals surface area contributed by atoms with Gasteiger partial charge in [0.1, 0.15) is 0 Å². The van der Waals surface area contributed by atoms with Crippen LogP contribution in [0.4, 0.5) is 0 Å². The molecule has 110 valence electrons. The van der Waals surface area contributed by atoms with Crippen LogP contribution in [0.2, 0.25) is 0 Å². The Hall–Kier alpha value is -1.07. The quantitative estimate of drug-likeness (QED) is 0.872. The van der Waals surface area contributed by atoms with Gasteiger partial charge in [0.2, 0.25) is 0 Å². The van der Waals surface area contributed by atoms with Crippen molar-refractivity contribution in [3.05, 3.63) is 29.8 Å². The van der Waals surface area contributed by atoms with E-state index in [4.69, 9.17) is 10.7 Å². The van der Waals surface area contributed by atoms with Gasteiger partial charge >= 0.3 is 0 Å². The van der Waals surface area contributed by atoms with Crippen molar-refractivity contribution in [2.24, 2.45) is 5.41 Å². The first-order valence-corrected chi connectivity index (χ1v) is 8.84. The molecule has 1 aromatic rings. The predicted molar refractivity (Wildman–Crippen MR) is 78.4 cm³/mol. The molecule has 1 unspecified atom stereocenters. The molecule has 1 N–H and O–H groups in total. The molecule has 0 aliphatic heterocycles. The second kappa shape index (κ2) is 5.37. The molecule has 1 atom stereocenters. The Morgan fingerprint density at radius 1 is 1.40 bits per heavy atom. The largest absolute Gasteiger partial charge is 0.349 e. The number of rotatable bonds is 3. The van der Waals surface area contributed by atoms with Crippen LogP contribution in [0.15, 0.2) is 29.2 Å². The van der Waals surface area contributed by atoms with Crippen molar-refractivity contribution in [3.8, 4) is 0 Å². The number of nitrogens with one attached hydrogen (secondary N) is 1. The van der Waals surface area contributed by atoms with E-state index in [1.807, 2.05) is 0 Å². The fourth-order valence-electron chi connectivity index (χ4n) is 2.62. The minimum absolute atomic E-state index is 0.0569. The van der Waals surface area contributed by atoms with Crippen LogP contribution in [-0.2, 0) is 9.05 Å². The molecule has 2 rings (SSSR count). The Kier molecular flexibility index (Phi) is 4.12. The van der Waals surface area contributed by atoms with Crippen molar-refractivity contribution in [1.82, 2.24) is 5.32 Å². The highest BCUT2D eigenvalue weighted by Gasteiger charge is 2.31. The minimum atomic E-state index is -3.81. The first-order valence-electron chi connectivity index (χ1n) is 6.53. The van der Waals surface area contributed by atoms with Gasteiger partial charge in [-0.25, -0.2) is 8.42 Å². The summed E-state index contributed by atoms with van der Waals surface area (Å²) in [6.45, 7) is 4.36. The molecule has 4 nitrogen and oxygen atoms in total. The molecule has 1 aromatic carbocycles. The second-order valence-electron chi connectivity index (χ2n) is 6.04. The molecule has 1 aliphatic carbocycles. The van der Waals surface area contributed by atoms with Gasteiger partial charge in [-0.3, -0.25) is 4.79 Å². The van der Waals surface area contributed by atoms with Crippen molar-refractivity contribution in [2.75, 3.05) is 0 Å². The van der Waals surface area contributed by atoms with Crippen LogP contribution in [0.25, 0.3) is 0 Å². The molecule has 0 heterocycles. The topological polar surface area (TPSA) is 63.2 Å². The molecule has 20 heavy (non-hydrogen) atoms. The summed E-state index contributed by atoms with van der Waals surface area (Å²) in [5.41, 5.74) is 0.565. The lowest BCUT2D eigenvalue weighted by Gasteiger charge is -2.18. The predicted octanol–water partition coefficient (Wildman–Crippen LogP) is 2.92. The molecule has 0 aromatic heterocycles. The summed E-state index contributed by atoms with van der Waals surface area (Å²) < 4.78 is 22.5. The van der Waals surface area contributed by atoms with Gasteiger partial charge in [-0.1, -0.05) is 19.9 Å². The van der Waals surface area contributed by atoms with E-state index < -0.39 is 9.05 Å². The van der Waals surface area contributed by atoms with Crippen molar-refractivity contribution in [3.63, 3.8) is 0 Å². The van der Waals surface area contributed by atoms with Crippen LogP contribution in [0, 0.1) is 5.41 Å². The highest BCUT2D eigenvalue weighted by Crippen LogP contribution is 2.37. The molecular weight excluding hydrogens is 298 g/mol. The number of hydrogen-bond acceptors (Lipinski definition) is 3. The van der Waals surface area contributed by atoms with Gasteiger partial charge in [-0.05, 0) is 42.9 Å². The number of hydrogen-bond donors (Lipinski definition) is 1. The molecular formula is C14H18ClNO3S. The van der Waals surface area contributed by atoms with E-state index in [1.54, 1.807) is 6.07 Å². The van der Waals surface area contributed by atoms with Crippen LogP contribution in [0.5, 0.6) is 0 Å². The molecule has 1 aliphatic rings. The van der Waals surface area contributed by atoms with Crippen molar-refractivity contribution >= 4 is 25.6 Å². The maximum absolute atomic E-state index is 12.1. The first kappa shape index (κ1) is 15.3. The zero-order valence-corrected chi connectivity index (χ0v) is 13.1. The monoisotopic (exact) mass is 315 g/mol. The van der Waals surface area contributed by atoms with Gasteiger partial charge < -0.3 is 5.32 Å². The fourth-order valence-corrected chi connectivity index (χ4v) is 3.41. The lowest BCUT2D eigenvalue weighted by atomic mass is 9.92. The van der Waals surface area contributed by atoms with Crippen molar-refractivity contribution in [1.29, 1.82) is 0 Å². The molecule has 1 amide bonds. The highest BCUT2D eigenvalue weighted by molar-refractivity contribution is 8.13. The summed E-state index contributed by atoms with van der Waals surface area (Å²) in [6, 6.07) is 5.92. The minimum Gasteiger partial charge on any atom is -0.349 e. The van der Waals surface area contributed by atoms with E-state index in [2.05, 4.69) is 19.2 Å². The molecule has 1 fully saturated rings. The van der Waals surface area contributed by atoms with Crippen LogP contribution in [0.1, 0.15) is 43.5 Å². The average molecular weight is 316 g/mol. The summed E-state index contributed by atoms with van der Waals surface area (Å²) in [4.78, 5) is 12.1. The summed E-state index contributed by atoms with van der Waals surface area (Å²) in [5.74, 6) is -0.255. The van der Waals surface area contributed by atoms with E-state index in [9.17, 15) is 13.2 Å². The van der Waals surface area contributed by atoms with Crippen LogP contribution >= 0.6 is 10.7 Å². The number of carbonyl (C=O) groups is 1. The van der Waals surface area contributed by atoms with Crippen LogP contribution in [-0.4, -0.2) is 20.4 Å². The number of halogens is 1. The van der Waals surface area contributed by atoms with Crippen LogP contribution in [0.3, 0.4) is 0 Å². The Labute approximate surface area is 123 Å². The molecule has 6 heteroatoms. The summed E-state index contributed by atoms with van der Waals surface area (Å²) in [7, 11) is 1.47. The smallest absolute Gasteiger partial charge is 0.261 e. The SMILES string of the molecule is CC1(C)CCC(NC(=O)c2cccc(S(=O)(=O)Cl)c2)C1. The van der Waals surface area contributed by atoms with E-state index in [-0.39, 0.29) is 22.3 Å². The van der Waals surface area contributed by atoms with Gasteiger partial charge in [0, 0.05) is 22.3 Å². The van der Waals surface area contributed by atoms with E-state index >= 15 is 0 Å².